The molecule has 0 saturated carbocycles. The zero-order valence-electron chi connectivity index (χ0n) is 12.8. The molecule has 1 amide bonds. The van der Waals surface area contributed by atoms with Crippen LogP contribution < -0.4 is 5.32 Å². The number of amides is 1. The molecule has 0 fully saturated rings. The van der Waals surface area contributed by atoms with Crippen LogP contribution in [0.4, 0.5) is 5.82 Å². The molecule has 0 aliphatic carbocycles. The Morgan fingerprint density at radius 1 is 1.12 bits per heavy atom. The molecule has 2 N–H and O–H groups in total. The zero-order chi connectivity index (χ0) is 16.4. The number of imidazole rings is 1. The van der Waals surface area contributed by atoms with Gasteiger partial charge in [-0.15, -0.1) is 0 Å². The number of rotatable bonds is 4. The highest BCUT2D eigenvalue weighted by molar-refractivity contribution is 5.92. The normalized spacial score (nSPS) is 10.8. The average Bonchev–Trinajstić information content (AvgIpc) is 3.27. The van der Waals surface area contributed by atoms with Crippen molar-refractivity contribution >= 4 is 17.2 Å². The molecule has 0 aliphatic rings. The standard InChI is InChI=1S/C18H15N5O/c24-18(21-17-8-9-20-22-17)10-16-15(13-4-2-1-3-5-13)7-6-14-11-19-12-23(14)16/h1-9,11-12H,10H2,(H2,20,21,22,24). The molecule has 1 aromatic carbocycles. The topological polar surface area (TPSA) is 75.1 Å². The quantitative estimate of drug-likeness (QED) is 0.608. The van der Waals surface area contributed by atoms with Crippen LogP contribution in [0.25, 0.3) is 16.6 Å². The van der Waals surface area contributed by atoms with Gasteiger partial charge in [-0.1, -0.05) is 36.4 Å². The van der Waals surface area contributed by atoms with Crippen molar-refractivity contribution in [2.75, 3.05) is 5.32 Å². The molecule has 3 aromatic heterocycles. The molecule has 4 aromatic rings. The zero-order valence-corrected chi connectivity index (χ0v) is 12.8. The number of nitrogens with one attached hydrogen (secondary N) is 2. The van der Waals surface area contributed by atoms with E-state index in [1.807, 2.05) is 46.9 Å². The van der Waals surface area contributed by atoms with Crippen molar-refractivity contribution in [3.8, 4) is 11.1 Å². The molecule has 0 unspecified atom stereocenters. The fraction of sp³-hybridized carbons (Fsp3) is 0.0556. The van der Waals surface area contributed by atoms with E-state index in [1.54, 1.807) is 24.8 Å². The van der Waals surface area contributed by atoms with Crippen LogP contribution in [-0.4, -0.2) is 25.5 Å². The number of carbonyl (C=O) groups is 1. The molecule has 3 heterocycles. The molecular weight excluding hydrogens is 302 g/mol. The van der Waals surface area contributed by atoms with Gasteiger partial charge in [0.05, 0.1) is 24.5 Å². The monoisotopic (exact) mass is 317 g/mol. The maximum Gasteiger partial charge on any atom is 0.231 e. The van der Waals surface area contributed by atoms with Crippen molar-refractivity contribution < 1.29 is 4.79 Å². The third-order valence-electron chi connectivity index (χ3n) is 3.87. The number of benzene rings is 1. The summed E-state index contributed by atoms with van der Waals surface area (Å²) in [6.07, 6.45) is 5.41. The average molecular weight is 317 g/mol. The summed E-state index contributed by atoms with van der Waals surface area (Å²) >= 11 is 0. The number of aromatic nitrogens is 4. The van der Waals surface area contributed by atoms with Crippen LogP contribution in [0.15, 0.2) is 67.3 Å². The number of hydrogen-bond donors (Lipinski definition) is 2. The van der Waals surface area contributed by atoms with Crippen LogP contribution in [0.1, 0.15) is 5.69 Å². The first-order chi connectivity index (χ1) is 11.8. The number of nitrogens with zero attached hydrogens (tertiary/aromatic N) is 3. The maximum atomic E-state index is 12.4. The Morgan fingerprint density at radius 2 is 2.00 bits per heavy atom. The lowest BCUT2D eigenvalue weighted by Crippen LogP contribution is -2.17. The number of pyridine rings is 1. The van der Waals surface area contributed by atoms with Gasteiger partial charge in [-0.25, -0.2) is 4.98 Å². The van der Waals surface area contributed by atoms with E-state index in [9.17, 15) is 4.79 Å². The lowest BCUT2D eigenvalue weighted by Gasteiger charge is -2.12. The van der Waals surface area contributed by atoms with Crippen molar-refractivity contribution in [1.82, 2.24) is 19.6 Å². The highest BCUT2D eigenvalue weighted by Gasteiger charge is 2.14. The van der Waals surface area contributed by atoms with Crippen molar-refractivity contribution in [3.63, 3.8) is 0 Å². The van der Waals surface area contributed by atoms with E-state index in [0.29, 0.717) is 5.82 Å². The van der Waals surface area contributed by atoms with Crippen molar-refractivity contribution in [2.24, 2.45) is 0 Å². The highest BCUT2D eigenvalue weighted by atomic mass is 16.1. The molecule has 0 radical (unpaired) electrons. The number of fused-ring (bicyclic) bond motifs is 1. The van der Waals surface area contributed by atoms with E-state index in [1.165, 1.54) is 0 Å². The van der Waals surface area contributed by atoms with Gasteiger partial charge in [0.15, 0.2) is 5.82 Å². The summed E-state index contributed by atoms with van der Waals surface area (Å²) in [6.45, 7) is 0. The van der Waals surface area contributed by atoms with Gasteiger partial charge in [0, 0.05) is 23.5 Å². The molecule has 0 saturated heterocycles. The van der Waals surface area contributed by atoms with Crippen LogP contribution in [0.2, 0.25) is 0 Å². The first-order valence-electron chi connectivity index (χ1n) is 7.60. The Bertz CT molecular complexity index is 973. The van der Waals surface area contributed by atoms with Gasteiger partial charge in [-0.3, -0.25) is 9.89 Å². The maximum absolute atomic E-state index is 12.4. The summed E-state index contributed by atoms with van der Waals surface area (Å²) in [5.74, 6) is 0.388. The molecule has 0 aliphatic heterocycles. The molecular formula is C18H15N5O. The second kappa shape index (κ2) is 6.00. The van der Waals surface area contributed by atoms with Gasteiger partial charge in [0.1, 0.15) is 0 Å². The van der Waals surface area contributed by atoms with Crippen LogP contribution >= 0.6 is 0 Å². The van der Waals surface area contributed by atoms with Crippen molar-refractivity contribution in [3.05, 3.63) is 72.9 Å². The second-order valence-corrected chi connectivity index (χ2v) is 5.43. The predicted octanol–water partition coefficient (Wildman–Crippen LogP) is 2.91. The Kier molecular flexibility index (Phi) is 3.55. The molecule has 24 heavy (non-hydrogen) atoms. The van der Waals surface area contributed by atoms with Gasteiger partial charge in [0.25, 0.3) is 0 Å². The molecule has 118 valence electrons. The smallest absolute Gasteiger partial charge is 0.231 e. The van der Waals surface area contributed by atoms with E-state index < -0.39 is 0 Å². The van der Waals surface area contributed by atoms with Gasteiger partial charge in [-0.05, 0) is 11.6 Å². The van der Waals surface area contributed by atoms with E-state index in [2.05, 4.69) is 20.5 Å². The predicted molar refractivity (Wildman–Crippen MR) is 91.5 cm³/mol. The molecule has 6 heteroatoms. The summed E-state index contributed by atoms with van der Waals surface area (Å²) in [6, 6.07) is 15.8. The number of carbonyl (C=O) groups excluding carboxylic acids is 1. The molecule has 0 bridgehead atoms. The van der Waals surface area contributed by atoms with Crippen molar-refractivity contribution in [2.45, 2.75) is 6.42 Å². The van der Waals surface area contributed by atoms with Crippen molar-refractivity contribution in [1.29, 1.82) is 0 Å². The third kappa shape index (κ3) is 2.65. The minimum absolute atomic E-state index is 0.125. The Labute approximate surface area is 138 Å². The van der Waals surface area contributed by atoms with E-state index >= 15 is 0 Å². The van der Waals surface area contributed by atoms with Gasteiger partial charge >= 0.3 is 0 Å². The molecule has 0 spiro atoms. The Balaban J connectivity index is 1.74. The Hall–Kier alpha value is -3.41. The fourth-order valence-corrected chi connectivity index (χ4v) is 2.78. The number of aromatic amines is 1. The SMILES string of the molecule is O=C(Cc1c(-c2ccccc2)ccc2cncn12)Nc1cc[nH]n1. The summed E-state index contributed by atoms with van der Waals surface area (Å²) in [4.78, 5) is 16.6. The minimum atomic E-state index is -0.125. The molecule has 4 rings (SSSR count). The summed E-state index contributed by atoms with van der Waals surface area (Å²) in [7, 11) is 0. The van der Waals surface area contributed by atoms with Gasteiger partial charge < -0.3 is 9.72 Å². The van der Waals surface area contributed by atoms with E-state index in [0.717, 1.165) is 22.3 Å². The number of hydrogen-bond acceptors (Lipinski definition) is 3. The second-order valence-electron chi connectivity index (χ2n) is 5.43. The van der Waals surface area contributed by atoms with E-state index in [-0.39, 0.29) is 12.3 Å². The van der Waals surface area contributed by atoms with E-state index in [4.69, 9.17) is 0 Å². The Morgan fingerprint density at radius 3 is 2.79 bits per heavy atom. The third-order valence-corrected chi connectivity index (χ3v) is 3.87. The lowest BCUT2D eigenvalue weighted by molar-refractivity contribution is -0.115. The van der Waals surface area contributed by atoms with Crippen LogP contribution in [0, 0.1) is 0 Å². The lowest BCUT2D eigenvalue weighted by atomic mass is 10.0. The number of H-pyrrole nitrogens is 1. The molecule has 6 nitrogen and oxygen atoms in total. The molecule has 0 atom stereocenters. The van der Waals surface area contributed by atoms with Gasteiger partial charge in [-0.2, -0.15) is 5.10 Å². The summed E-state index contributed by atoms with van der Waals surface area (Å²) < 4.78 is 1.95. The van der Waals surface area contributed by atoms with Crippen LogP contribution in [0.5, 0.6) is 0 Å². The summed E-state index contributed by atoms with van der Waals surface area (Å²) in [5.41, 5.74) is 3.93. The number of anilines is 1. The summed E-state index contributed by atoms with van der Waals surface area (Å²) in [5, 5.41) is 9.43. The largest absolute Gasteiger partial charge is 0.309 e. The fourth-order valence-electron chi connectivity index (χ4n) is 2.78. The van der Waals surface area contributed by atoms with Gasteiger partial charge in [0.2, 0.25) is 5.91 Å². The first kappa shape index (κ1) is 14.2. The van der Waals surface area contributed by atoms with Crippen LogP contribution in [0.3, 0.4) is 0 Å². The minimum Gasteiger partial charge on any atom is -0.309 e. The highest BCUT2D eigenvalue weighted by Crippen LogP contribution is 2.25. The van der Waals surface area contributed by atoms with Crippen LogP contribution in [-0.2, 0) is 11.2 Å². The first-order valence-corrected chi connectivity index (χ1v) is 7.60.